The zero-order valence-electron chi connectivity index (χ0n) is 14.8. The fraction of sp³-hybridized carbons (Fsp3) is 0.263. The molecule has 0 bridgehead atoms. The van der Waals surface area contributed by atoms with Crippen molar-refractivity contribution in [3.63, 3.8) is 0 Å². The van der Waals surface area contributed by atoms with Gasteiger partial charge in [0.15, 0.2) is 5.76 Å². The summed E-state index contributed by atoms with van der Waals surface area (Å²) < 4.78 is 57.7. The van der Waals surface area contributed by atoms with E-state index >= 15 is 0 Å². The van der Waals surface area contributed by atoms with E-state index in [4.69, 9.17) is 4.42 Å². The minimum atomic E-state index is -2.97. The maximum absolute atomic E-state index is 13.0. The predicted molar refractivity (Wildman–Crippen MR) is 92.3 cm³/mol. The van der Waals surface area contributed by atoms with E-state index in [1.807, 2.05) is 37.3 Å². The third-order valence-corrected chi connectivity index (χ3v) is 4.12. The van der Waals surface area contributed by atoms with Gasteiger partial charge in [0.2, 0.25) is 0 Å². The Balaban J connectivity index is 1.71. The molecule has 1 amide bonds. The lowest BCUT2D eigenvalue weighted by Crippen LogP contribution is -2.26. The van der Waals surface area contributed by atoms with Crippen molar-refractivity contribution in [2.24, 2.45) is 0 Å². The molecular weight excluding hydrogens is 378 g/mol. The average molecular weight is 395 g/mol. The van der Waals surface area contributed by atoms with Crippen LogP contribution in [0.15, 0.2) is 52.9 Å². The summed E-state index contributed by atoms with van der Waals surface area (Å²) >= 11 is 0. The molecular formula is C19H17F4N3O2. The number of aromatic nitrogens is 2. The van der Waals surface area contributed by atoms with Gasteiger partial charge >= 0.3 is 0 Å². The molecule has 3 aromatic rings. The Labute approximate surface area is 158 Å². The number of furan rings is 1. The number of amides is 1. The first kappa shape index (κ1) is 19.7. The van der Waals surface area contributed by atoms with Crippen LogP contribution in [-0.2, 0) is 6.54 Å². The quantitative estimate of drug-likeness (QED) is 0.580. The molecule has 1 aromatic carbocycles. The molecule has 2 aromatic heterocycles. The van der Waals surface area contributed by atoms with E-state index in [0.717, 1.165) is 10.2 Å². The second-order valence-corrected chi connectivity index (χ2v) is 6.12. The Bertz CT molecular complexity index is 938. The molecule has 3 rings (SSSR count). The van der Waals surface area contributed by atoms with Crippen LogP contribution < -0.4 is 5.32 Å². The highest BCUT2D eigenvalue weighted by Gasteiger charge is 2.22. The van der Waals surface area contributed by atoms with Gasteiger partial charge in [-0.25, -0.2) is 17.6 Å². The highest BCUT2D eigenvalue weighted by molar-refractivity contribution is 5.91. The summed E-state index contributed by atoms with van der Waals surface area (Å²) in [7, 11) is 0. The fourth-order valence-corrected chi connectivity index (χ4v) is 2.69. The number of hydrogen-bond donors (Lipinski definition) is 1. The van der Waals surface area contributed by atoms with Gasteiger partial charge in [0, 0.05) is 0 Å². The van der Waals surface area contributed by atoms with Gasteiger partial charge in [-0.3, -0.25) is 9.48 Å². The van der Waals surface area contributed by atoms with Crippen molar-refractivity contribution in [1.29, 1.82) is 0 Å². The van der Waals surface area contributed by atoms with E-state index in [-0.39, 0.29) is 24.1 Å². The minimum absolute atomic E-state index is 0.0161. The van der Waals surface area contributed by atoms with Crippen LogP contribution in [0.5, 0.6) is 0 Å². The lowest BCUT2D eigenvalue weighted by Gasteiger charge is -2.13. The molecule has 0 spiro atoms. The molecule has 0 saturated carbocycles. The van der Waals surface area contributed by atoms with E-state index in [0.29, 0.717) is 6.07 Å². The van der Waals surface area contributed by atoms with Gasteiger partial charge in [0.1, 0.15) is 17.1 Å². The van der Waals surface area contributed by atoms with Crippen LogP contribution in [0.1, 0.15) is 59.1 Å². The second-order valence-electron chi connectivity index (χ2n) is 6.12. The Kier molecular flexibility index (Phi) is 5.81. The van der Waals surface area contributed by atoms with Crippen LogP contribution in [0, 0.1) is 0 Å². The maximum atomic E-state index is 13.0. The van der Waals surface area contributed by atoms with Crippen molar-refractivity contribution in [1.82, 2.24) is 15.1 Å². The van der Waals surface area contributed by atoms with E-state index in [1.54, 1.807) is 0 Å². The van der Waals surface area contributed by atoms with Crippen LogP contribution in [0.2, 0.25) is 0 Å². The first-order valence-corrected chi connectivity index (χ1v) is 8.43. The summed E-state index contributed by atoms with van der Waals surface area (Å²) in [5.41, 5.74) is -0.479. The lowest BCUT2D eigenvalue weighted by molar-refractivity contribution is 0.0909. The SMILES string of the molecule is CC(NC(=O)c1ccc(Cn2nc(C(F)F)cc2C(F)F)o1)c1ccccc1. The Morgan fingerprint density at radius 3 is 2.46 bits per heavy atom. The number of benzene rings is 1. The number of nitrogens with one attached hydrogen (secondary N) is 1. The van der Waals surface area contributed by atoms with Crippen molar-refractivity contribution in [2.75, 3.05) is 0 Å². The van der Waals surface area contributed by atoms with Crippen molar-refractivity contribution in [3.8, 4) is 0 Å². The molecule has 5 nitrogen and oxygen atoms in total. The van der Waals surface area contributed by atoms with Crippen LogP contribution in [0.25, 0.3) is 0 Å². The summed E-state index contributed by atoms with van der Waals surface area (Å²) in [6.45, 7) is 1.51. The van der Waals surface area contributed by atoms with Gasteiger partial charge in [-0.05, 0) is 30.7 Å². The number of hydrogen-bond acceptors (Lipinski definition) is 3. The molecule has 0 aliphatic rings. The second kappa shape index (κ2) is 8.28. The summed E-state index contributed by atoms with van der Waals surface area (Å²) in [6.07, 6.45) is -5.93. The lowest BCUT2D eigenvalue weighted by atomic mass is 10.1. The van der Waals surface area contributed by atoms with Gasteiger partial charge in [0.05, 0.1) is 12.6 Å². The predicted octanol–water partition coefficient (Wildman–Crippen LogP) is 4.89. The largest absolute Gasteiger partial charge is 0.454 e. The zero-order valence-corrected chi connectivity index (χ0v) is 14.8. The zero-order chi connectivity index (χ0) is 20.3. The van der Waals surface area contributed by atoms with Gasteiger partial charge in [-0.1, -0.05) is 30.3 Å². The molecule has 2 heterocycles. The van der Waals surface area contributed by atoms with Crippen LogP contribution in [0.4, 0.5) is 17.6 Å². The summed E-state index contributed by atoms with van der Waals surface area (Å²) in [4.78, 5) is 12.3. The smallest absolute Gasteiger partial charge is 0.287 e. The fourth-order valence-electron chi connectivity index (χ4n) is 2.69. The molecule has 1 atom stereocenters. The molecule has 1 N–H and O–H groups in total. The normalized spacial score (nSPS) is 12.5. The average Bonchev–Trinajstić information content (AvgIpc) is 3.30. The Morgan fingerprint density at radius 1 is 1.11 bits per heavy atom. The van der Waals surface area contributed by atoms with Crippen LogP contribution >= 0.6 is 0 Å². The van der Waals surface area contributed by atoms with Gasteiger partial charge in [-0.15, -0.1) is 0 Å². The van der Waals surface area contributed by atoms with Crippen molar-refractivity contribution < 1.29 is 26.8 Å². The number of carbonyl (C=O) groups is 1. The van der Waals surface area contributed by atoms with Crippen molar-refractivity contribution in [3.05, 3.63) is 77.0 Å². The summed E-state index contributed by atoms with van der Waals surface area (Å²) in [5, 5.41) is 6.26. The standard InChI is InChI=1S/C19H17F4N3O2/c1-11(12-5-3-2-4-6-12)24-19(27)16-8-7-13(28-16)10-26-15(18(22)23)9-14(25-26)17(20)21/h2-9,11,17-18H,10H2,1H3,(H,24,27). The highest BCUT2D eigenvalue weighted by Crippen LogP contribution is 2.26. The van der Waals surface area contributed by atoms with E-state index in [2.05, 4.69) is 10.4 Å². The summed E-state index contributed by atoms with van der Waals surface area (Å²) in [5.74, 6) is -0.355. The monoisotopic (exact) mass is 395 g/mol. The van der Waals surface area contributed by atoms with Gasteiger partial charge in [-0.2, -0.15) is 5.10 Å². The first-order valence-electron chi connectivity index (χ1n) is 8.43. The minimum Gasteiger partial charge on any atom is -0.454 e. The number of rotatable bonds is 7. The molecule has 0 radical (unpaired) electrons. The van der Waals surface area contributed by atoms with Crippen molar-refractivity contribution in [2.45, 2.75) is 32.4 Å². The van der Waals surface area contributed by atoms with Crippen molar-refractivity contribution >= 4 is 5.91 Å². The highest BCUT2D eigenvalue weighted by atomic mass is 19.3. The Hall–Kier alpha value is -3.10. The maximum Gasteiger partial charge on any atom is 0.287 e. The molecule has 0 aliphatic heterocycles. The topological polar surface area (TPSA) is 60.1 Å². The summed E-state index contributed by atoms with van der Waals surface area (Å²) in [6, 6.07) is 12.5. The molecule has 0 aliphatic carbocycles. The molecule has 148 valence electrons. The number of nitrogens with zero attached hydrogens (tertiary/aromatic N) is 2. The molecule has 0 saturated heterocycles. The van der Waals surface area contributed by atoms with Gasteiger partial charge in [0.25, 0.3) is 18.8 Å². The van der Waals surface area contributed by atoms with Crippen LogP contribution in [-0.4, -0.2) is 15.7 Å². The first-order chi connectivity index (χ1) is 13.3. The molecule has 1 unspecified atom stereocenters. The van der Waals surface area contributed by atoms with E-state index in [9.17, 15) is 22.4 Å². The molecule has 28 heavy (non-hydrogen) atoms. The number of halogens is 4. The van der Waals surface area contributed by atoms with Gasteiger partial charge < -0.3 is 9.73 Å². The number of carbonyl (C=O) groups excluding carboxylic acids is 1. The third kappa shape index (κ3) is 4.41. The molecule has 9 heteroatoms. The van der Waals surface area contributed by atoms with Crippen LogP contribution in [0.3, 0.4) is 0 Å². The Morgan fingerprint density at radius 2 is 1.82 bits per heavy atom. The number of alkyl halides is 4. The van der Waals surface area contributed by atoms with E-state index < -0.39 is 30.1 Å². The third-order valence-electron chi connectivity index (χ3n) is 4.12. The van der Waals surface area contributed by atoms with E-state index in [1.165, 1.54) is 12.1 Å². The molecule has 0 fully saturated rings.